The van der Waals surface area contributed by atoms with Crippen LogP contribution >= 0.6 is 15.9 Å². The van der Waals surface area contributed by atoms with E-state index in [1.807, 2.05) is 0 Å². The molecule has 0 spiro atoms. The molecule has 0 fully saturated rings. The first-order valence-electron chi connectivity index (χ1n) is 4.51. The molecule has 1 aromatic rings. The van der Waals surface area contributed by atoms with E-state index in [0.29, 0.717) is 25.3 Å². The normalized spacial score (nSPS) is 10.6. The van der Waals surface area contributed by atoms with Gasteiger partial charge in [-0.05, 0) is 12.1 Å². The van der Waals surface area contributed by atoms with E-state index in [2.05, 4.69) is 21.4 Å². The molecular weight excluding hydrogens is 265 g/mol. The zero-order valence-electron chi connectivity index (χ0n) is 8.43. The Morgan fingerprint density at radius 1 is 1.40 bits per heavy atom. The van der Waals surface area contributed by atoms with E-state index in [-0.39, 0.29) is 5.82 Å². The molecule has 0 saturated heterocycles. The van der Waals surface area contributed by atoms with Crippen LogP contribution in [0.3, 0.4) is 0 Å². The van der Waals surface area contributed by atoms with Crippen molar-refractivity contribution in [1.29, 1.82) is 0 Å². The van der Waals surface area contributed by atoms with Crippen molar-refractivity contribution in [3.05, 3.63) is 34.1 Å². The second-order valence-electron chi connectivity index (χ2n) is 2.90. The second kappa shape index (κ2) is 6.90. The van der Waals surface area contributed by atoms with Crippen molar-refractivity contribution in [2.45, 2.75) is 6.54 Å². The summed E-state index contributed by atoms with van der Waals surface area (Å²) in [4.78, 5) is 5.01. The molecule has 0 amide bonds. The van der Waals surface area contributed by atoms with Crippen LogP contribution in [0.15, 0.2) is 22.7 Å². The molecule has 0 aliphatic heterocycles. The third kappa shape index (κ3) is 4.70. The molecule has 5 heteroatoms. The third-order valence-electron chi connectivity index (χ3n) is 1.77. The van der Waals surface area contributed by atoms with Gasteiger partial charge < -0.3 is 4.74 Å². The van der Waals surface area contributed by atoms with Crippen molar-refractivity contribution in [2.24, 2.45) is 0 Å². The van der Waals surface area contributed by atoms with Crippen LogP contribution in [0.25, 0.3) is 0 Å². The number of benzene rings is 1. The van der Waals surface area contributed by atoms with Crippen molar-refractivity contribution >= 4 is 15.9 Å². The van der Waals surface area contributed by atoms with Crippen LogP contribution in [-0.2, 0) is 16.1 Å². The zero-order chi connectivity index (χ0) is 11.1. The Balaban J connectivity index is 2.31. The van der Waals surface area contributed by atoms with E-state index in [4.69, 9.17) is 9.57 Å². The maximum absolute atomic E-state index is 13.3. The lowest BCUT2D eigenvalue weighted by Crippen LogP contribution is -2.17. The highest BCUT2D eigenvalue weighted by Crippen LogP contribution is 2.14. The highest BCUT2D eigenvalue weighted by molar-refractivity contribution is 9.10. The van der Waals surface area contributed by atoms with Crippen molar-refractivity contribution < 1.29 is 14.0 Å². The summed E-state index contributed by atoms with van der Waals surface area (Å²) in [6, 6.07) is 4.91. The van der Waals surface area contributed by atoms with Crippen LogP contribution in [0.4, 0.5) is 4.39 Å². The predicted octanol–water partition coefficient (Wildman–Crippen LogP) is 2.26. The molecule has 1 aromatic carbocycles. The van der Waals surface area contributed by atoms with Crippen molar-refractivity contribution in [1.82, 2.24) is 5.48 Å². The van der Waals surface area contributed by atoms with Crippen LogP contribution < -0.4 is 5.48 Å². The van der Waals surface area contributed by atoms with E-state index in [9.17, 15) is 4.39 Å². The summed E-state index contributed by atoms with van der Waals surface area (Å²) in [6.45, 7) is 1.29. The quantitative estimate of drug-likeness (QED) is 0.639. The van der Waals surface area contributed by atoms with Crippen LogP contribution in [0, 0.1) is 5.82 Å². The zero-order valence-corrected chi connectivity index (χ0v) is 10.0. The van der Waals surface area contributed by atoms with Crippen molar-refractivity contribution in [2.75, 3.05) is 20.3 Å². The van der Waals surface area contributed by atoms with Crippen molar-refractivity contribution in [3.63, 3.8) is 0 Å². The van der Waals surface area contributed by atoms with Gasteiger partial charge in [-0.1, -0.05) is 22.0 Å². The van der Waals surface area contributed by atoms with Gasteiger partial charge in [-0.15, -0.1) is 0 Å². The molecule has 0 aliphatic carbocycles. The predicted molar refractivity (Wildman–Crippen MR) is 58.8 cm³/mol. The lowest BCUT2D eigenvalue weighted by molar-refractivity contribution is 0.00308. The number of ether oxygens (including phenoxy) is 1. The lowest BCUT2D eigenvalue weighted by Gasteiger charge is -2.06. The maximum atomic E-state index is 13.3. The molecule has 0 atom stereocenters. The summed E-state index contributed by atoms with van der Waals surface area (Å²) in [5, 5.41) is 0. The molecule has 1 N–H and O–H groups in total. The minimum absolute atomic E-state index is 0.257. The Hall–Kier alpha value is -0.490. The van der Waals surface area contributed by atoms with Gasteiger partial charge in [0.1, 0.15) is 5.82 Å². The van der Waals surface area contributed by atoms with Gasteiger partial charge in [0, 0.05) is 23.7 Å². The van der Waals surface area contributed by atoms with Crippen molar-refractivity contribution in [3.8, 4) is 0 Å². The largest absolute Gasteiger partial charge is 0.382 e. The molecule has 0 aliphatic rings. The second-order valence-corrected chi connectivity index (χ2v) is 3.81. The monoisotopic (exact) mass is 277 g/mol. The molecule has 0 heterocycles. The van der Waals surface area contributed by atoms with E-state index < -0.39 is 0 Å². The summed E-state index contributed by atoms with van der Waals surface area (Å²) in [6.07, 6.45) is 0. The average molecular weight is 278 g/mol. The topological polar surface area (TPSA) is 30.5 Å². The lowest BCUT2D eigenvalue weighted by atomic mass is 10.2. The van der Waals surface area contributed by atoms with Crippen LogP contribution in [0.5, 0.6) is 0 Å². The maximum Gasteiger partial charge on any atom is 0.128 e. The Labute approximate surface area is 96.7 Å². The number of methoxy groups -OCH3 is 1. The number of hydrogen-bond donors (Lipinski definition) is 1. The summed E-state index contributed by atoms with van der Waals surface area (Å²) in [5.74, 6) is -0.257. The number of rotatable bonds is 6. The van der Waals surface area contributed by atoms with Gasteiger partial charge in [0.15, 0.2) is 0 Å². The van der Waals surface area contributed by atoms with E-state index in [1.54, 1.807) is 19.2 Å². The Morgan fingerprint density at radius 2 is 2.20 bits per heavy atom. The minimum Gasteiger partial charge on any atom is -0.382 e. The summed E-state index contributed by atoms with van der Waals surface area (Å²) < 4.78 is 18.8. The Morgan fingerprint density at radius 3 is 2.87 bits per heavy atom. The molecule has 0 bridgehead atoms. The van der Waals surface area contributed by atoms with Crippen LogP contribution in [0.2, 0.25) is 0 Å². The average Bonchev–Trinajstić information content (AvgIpc) is 2.20. The number of hydroxylamine groups is 1. The molecule has 84 valence electrons. The third-order valence-corrected chi connectivity index (χ3v) is 2.26. The highest BCUT2D eigenvalue weighted by atomic mass is 79.9. The molecule has 1 rings (SSSR count). The first-order valence-corrected chi connectivity index (χ1v) is 5.31. The highest BCUT2D eigenvalue weighted by Gasteiger charge is 2.01. The summed E-state index contributed by atoms with van der Waals surface area (Å²) in [5.41, 5.74) is 3.23. The molecule has 15 heavy (non-hydrogen) atoms. The smallest absolute Gasteiger partial charge is 0.128 e. The van der Waals surface area contributed by atoms with Gasteiger partial charge >= 0.3 is 0 Å². The SMILES string of the molecule is COCCONCc1ccc(Br)cc1F. The van der Waals surface area contributed by atoms with Gasteiger partial charge in [0.2, 0.25) is 0 Å². The van der Waals surface area contributed by atoms with Gasteiger partial charge in [0.25, 0.3) is 0 Å². The van der Waals surface area contributed by atoms with Crippen LogP contribution in [-0.4, -0.2) is 20.3 Å². The first kappa shape index (κ1) is 12.6. The van der Waals surface area contributed by atoms with E-state index >= 15 is 0 Å². The van der Waals surface area contributed by atoms with Gasteiger partial charge in [-0.2, -0.15) is 5.48 Å². The van der Waals surface area contributed by atoms with E-state index in [0.717, 1.165) is 4.47 Å². The number of nitrogens with one attached hydrogen (secondary N) is 1. The summed E-state index contributed by atoms with van der Waals surface area (Å²) in [7, 11) is 1.59. The minimum atomic E-state index is -0.257. The molecule has 0 radical (unpaired) electrons. The summed E-state index contributed by atoms with van der Waals surface area (Å²) >= 11 is 3.19. The van der Waals surface area contributed by atoms with Gasteiger partial charge in [0.05, 0.1) is 13.2 Å². The van der Waals surface area contributed by atoms with Crippen LogP contribution in [0.1, 0.15) is 5.56 Å². The molecular formula is C10H13BrFNO2. The van der Waals surface area contributed by atoms with E-state index in [1.165, 1.54) is 6.07 Å². The molecule has 0 unspecified atom stereocenters. The fraction of sp³-hybridized carbons (Fsp3) is 0.400. The molecule has 0 aromatic heterocycles. The molecule has 0 saturated carbocycles. The molecule has 3 nitrogen and oxygen atoms in total. The number of halogens is 2. The standard InChI is InChI=1S/C10H13BrFNO2/c1-14-4-5-15-13-7-8-2-3-9(11)6-10(8)12/h2-3,6,13H,4-5,7H2,1H3. The Kier molecular flexibility index (Phi) is 5.78. The van der Waals surface area contributed by atoms with Gasteiger partial charge in [-0.3, -0.25) is 4.84 Å². The fourth-order valence-electron chi connectivity index (χ4n) is 0.991. The fourth-order valence-corrected chi connectivity index (χ4v) is 1.32. The van der Waals surface area contributed by atoms with Gasteiger partial charge in [-0.25, -0.2) is 4.39 Å². The Bertz CT molecular complexity index is 309. The number of hydrogen-bond acceptors (Lipinski definition) is 3. The first-order chi connectivity index (χ1) is 7.24.